The largest absolute Gasteiger partial charge is 0.445 e. The molecule has 20 heteroatoms. The highest BCUT2D eigenvalue weighted by Crippen LogP contribution is 2.45. The Balaban J connectivity index is 1.30. The van der Waals surface area contributed by atoms with Crippen LogP contribution in [0.5, 0.6) is 0 Å². The van der Waals surface area contributed by atoms with Crippen molar-refractivity contribution in [1.29, 1.82) is 0 Å². The third-order valence-electron chi connectivity index (χ3n) is 8.99. The third-order valence-corrected chi connectivity index (χ3v) is 9.32. The number of likely N-dealkylation sites (tertiary alicyclic amines) is 1. The van der Waals surface area contributed by atoms with E-state index >= 15 is 0 Å². The van der Waals surface area contributed by atoms with Gasteiger partial charge in [-0.1, -0.05) is 71.7 Å². The summed E-state index contributed by atoms with van der Waals surface area (Å²) in [6.07, 6.45) is -5.84. The summed E-state index contributed by atoms with van der Waals surface area (Å²) in [5.74, 6) is -4.90. The van der Waals surface area contributed by atoms with Gasteiger partial charge in [0.15, 0.2) is 5.66 Å². The van der Waals surface area contributed by atoms with Crippen LogP contribution in [-0.2, 0) is 20.5 Å². The number of carbonyl (C=O) groups excluding carboxylic acids is 4. The maximum atomic E-state index is 13.6. The van der Waals surface area contributed by atoms with E-state index in [0.717, 1.165) is 11.0 Å². The van der Waals surface area contributed by atoms with E-state index in [1.807, 2.05) is 0 Å². The molecule has 4 heterocycles. The van der Waals surface area contributed by atoms with Crippen molar-refractivity contribution in [1.82, 2.24) is 31.1 Å². The Morgan fingerprint density at radius 3 is 2.33 bits per heavy atom. The number of alkyl carbamates (subject to hydrolysis) is 1. The Labute approximate surface area is 302 Å². The summed E-state index contributed by atoms with van der Waals surface area (Å²) in [5.41, 5.74) is -2.83. The number of rotatable bonds is 6. The first-order valence-corrected chi connectivity index (χ1v) is 16.4. The molecule has 51 heavy (non-hydrogen) atoms. The summed E-state index contributed by atoms with van der Waals surface area (Å²) in [4.78, 5) is 58.2. The number of halogens is 6. The molecular formula is C31H29Cl3F3N7O7. The predicted octanol–water partition coefficient (Wildman–Crippen LogP) is 2.18. The van der Waals surface area contributed by atoms with Crippen LogP contribution in [0.2, 0.25) is 0 Å². The summed E-state index contributed by atoms with van der Waals surface area (Å²) >= 11 is 17.1. The molecule has 0 aliphatic carbocycles. The summed E-state index contributed by atoms with van der Waals surface area (Å²) in [6.45, 7) is 2.43. The Hall–Kier alpha value is -4.29. The van der Waals surface area contributed by atoms with Gasteiger partial charge in [0, 0.05) is 24.9 Å². The first-order valence-electron chi connectivity index (χ1n) is 15.3. The third kappa shape index (κ3) is 6.75. The van der Waals surface area contributed by atoms with Gasteiger partial charge in [-0.05, 0) is 29.3 Å². The molecule has 0 aromatic heterocycles. The number of imide groups is 1. The van der Waals surface area contributed by atoms with E-state index in [4.69, 9.17) is 39.5 Å². The Kier molecular flexibility index (Phi) is 9.33. The Bertz CT molecular complexity index is 1810. The molecule has 4 atom stereocenters. The van der Waals surface area contributed by atoms with Crippen LogP contribution < -0.4 is 21.3 Å². The molecule has 3 fully saturated rings. The normalized spacial score (nSPS) is 25.5. The van der Waals surface area contributed by atoms with E-state index < -0.39 is 82.1 Å². The average molecular weight is 775 g/mol. The van der Waals surface area contributed by atoms with Gasteiger partial charge in [-0.15, -0.1) is 0 Å². The van der Waals surface area contributed by atoms with Gasteiger partial charge in [-0.3, -0.25) is 24.6 Å². The second kappa shape index (κ2) is 13.0. The van der Waals surface area contributed by atoms with Gasteiger partial charge in [0.1, 0.15) is 12.6 Å². The zero-order valence-corrected chi connectivity index (χ0v) is 28.4. The van der Waals surface area contributed by atoms with E-state index in [1.165, 1.54) is 47.4 Å². The molecule has 1 unspecified atom stereocenters. The maximum Gasteiger partial charge on any atom is 0.417 e. The van der Waals surface area contributed by atoms with Gasteiger partial charge in [0.25, 0.3) is 5.91 Å². The number of benzene rings is 2. The minimum Gasteiger partial charge on any atom is -0.445 e. The number of nitrogens with zero attached hydrogens (tertiary/aromatic N) is 3. The van der Waals surface area contributed by atoms with Crippen LogP contribution in [0.15, 0.2) is 65.9 Å². The molecule has 272 valence electrons. The van der Waals surface area contributed by atoms with Crippen molar-refractivity contribution in [3.63, 3.8) is 0 Å². The van der Waals surface area contributed by atoms with Crippen LogP contribution in [0.4, 0.5) is 18.0 Å². The summed E-state index contributed by atoms with van der Waals surface area (Å²) in [7, 11) is 0. The molecule has 1 spiro atoms. The Morgan fingerprint density at radius 2 is 1.71 bits per heavy atom. The van der Waals surface area contributed by atoms with Crippen LogP contribution >= 0.6 is 34.8 Å². The molecule has 2 aromatic rings. The quantitative estimate of drug-likeness (QED) is 0.145. The molecule has 0 bridgehead atoms. The SMILES string of the molecule is C=C1N[C@H]2[C@H](CN3C(=O)CCC3=O)N=C(NC(=O)OCC(Cl)(Cl)Cl)N3CC(NC(=O)c4ccc(-c5ccccc5C(F)(F)F)cc4)C(O)(O)[C@]23N1. The zero-order valence-electron chi connectivity index (χ0n) is 26.1. The number of amides is 4. The van der Waals surface area contributed by atoms with E-state index in [-0.39, 0.29) is 47.9 Å². The molecule has 6 N–H and O–H groups in total. The van der Waals surface area contributed by atoms with Crippen molar-refractivity contribution in [3.05, 3.63) is 72.1 Å². The molecule has 2 aromatic carbocycles. The second-order valence-electron chi connectivity index (χ2n) is 12.2. The first-order chi connectivity index (χ1) is 23.8. The molecule has 4 aliphatic heterocycles. The number of hydrogen-bond acceptors (Lipinski definition) is 11. The number of nitrogens with one attached hydrogen (secondary N) is 4. The summed E-state index contributed by atoms with van der Waals surface area (Å²) in [5, 5.41) is 34.6. The zero-order chi connectivity index (χ0) is 37.1. The fourth-order valence-corrected chi connectivity index (χ4v) is 6.91. The van der Waals surface area contributed by atoms with Crippen molar-refractivity contribution in [3.8, 4) is 11.1 Å². The van der Waals surface area contributed by atoms with Crippen molar-refractivity contribution in [2.45, 2.75) is 52.4 Å². The number of aliphatic hydroxyl groups is 2. The predicted molar refractivity (Wildman–Crippen MR) is 176 cm³/mol. The van der Waals surface area contributed by atoms with Crippen LogP contribution in [-0.4, -0.2) is 103 Å². The van der Waals surface area contributed by atoms with Gasteiger partial charge < -0.3 is 35.8 Å². The summed E-state index contributed by atoms with van der Waals surface area (Å²) < 4.78 is 43.8. The number of alkyl halides is 6. The number of guanidine groups is 1. The standard InChI is InChI=1S/C31H29Cl3F3N7O7/c1-15-38-24-20(12-43-22(45)10-11-23(43)46)39-26(41-27(48)51-14-28(32,33)34)44-13-21(30(49,50)29(24,44)42-15)40-25(47)17-8-6-16(7-9-17)18-4-2-3-5-19(18)31(35,36)37/h2-9,20-21,24,38,42,49-50H,1,10-14H2,(H,40,47)(H,39,41,48)/t20-,21?,24-,29-/m0/s1. The van der Waals surface area contributed by atoms with Crippen LogP contribution in [0.1, 0.15) is 28.8 Å². The van der Waals surface area contributed by atoms with E-state index in [0.29, 0.717) is 0 Å². The molecule has 4 amide bonds. The van der Waals surface area contributed by atoms with Crippen LogP contribution in [0.25, 0.3) is 11.1 Å². The maximum absolute atomic E-state index is 13.6. The molecule has 6 rings (SSSR count). The first kappa shape index (κ1) is 36.5. The number of aliphatic imine (C=N–C) groups is 1. The highest BCUT2D eigenvalue weighted by Gasteiger charge is 2.74. The minimum absolute atomic E-state index is 0.0221. The van der Waals surface area contributed by atoms with E-state index in [9.17, 15) is 42.6 Å². The van der Waals surface area contributed by atoms with Gasteiger partial charge >= 0.3 is 12.3 Å². The highest BCUT2D eigenvalue weighted by molar-refractivity contribution is 6.67. The highest BCUT2D eigenvalue weighted by atomic mass is 35.6. The molecule has 3 saturated heterocycles. The van der Waals surface area contributed by atoms with Crippen molar-refractivity contribution in [2.75, 3.05) is 19.7 Å². The fourth-order valence-electron chi connectivity index (χ4n) is 6.75. The molecule has 4 aliphatic rings. The minimum atomic E-state index is -4.62. The second-order valence-corrected chi connectivity index (χ2v) is 14.7. The van der Waals surface area contributed by atoms with Gasteiger partial charge in [-0.2, -0.15) is 13.2 Å². The fraction of sp³-hybridized carbons (Fsp3) is 0.387. The Morgan fingerprint density at radius 1 is 1.06 bits per heavy atom. The number of carbonyl (C=O) groups is 4. The molecular weight excluding hydrogens is 746 g/mol. The lowest BCUT2D eigenvalue weighted by Crippen LogP contribution is -2.78. The number of ether oxygens (including phenoxy) is 1. The smallest absolute Gasteiger partial charge is 0.417 e. The lowest BCUT2D eigenvalue weighted by Gasteiger charge is -2.49. The van der Waals surface area contributed by atoms with Crippen molar-refractivity contribution < 1.29 is 47.3 Å². The average Bonchev–Trinajstić information content (AvgIpc) is 3.65. The van der Waals surface area contributed by atoms with Gasteiger partial charge in [0.2, 0.25) is 27.4 Å². The molecule has 14 nitrogen and oxygen atoms in total. The van der Waals surface area contributed by atoms with E-state index in [2.05, 4.69) is 32.8 Å². The van der Waals surface area contributed by atoms with Crippen molar-refractivity contribution >= 4 is 64.6 Å². The van der Waals surface area contributed by atoms with E-state index in [1.54, 1.807) is 0 Å². The molecule has 0 saturated carbocycles. The van der Waals surface area contributed by atoms with Crippen LogP contribution in [0.3, 0.4) is 0 Å². The van der Waals surface area contributed by atoms with Gasteiger partial charge in [0.05, 0.1) is 30.0 Å². The topological polar surface area (TPSA) is 185 Å². The molecule has 0 radical (unpaired) electrons. The van der Waals surface area contributed by atoms with Crippen molar-refractivity contribution in [2.24, 2.45) is 4.99 Å². The lowest BCUT2D eigenvalue weighted by atomic mass is 9.85. The lowest BCUT2D eigenvalue weighted by molar-refractivity contribution is -0.231. The monoisotopic (exact) mass is 773 g/mol. The van der Waals surface area contributed by atoms with Crippen LogP contribution in [0, 0.1) is 0 Å². The summed E-state index contributed by atoms with van der Waals surface area (Å²) in [6, 6.07) is 6.39. The number of hydrogen-bond donors (Lipinski definition) is 6. The van der Waals surface area contributed by atoms with Gasteiger partial charge in [-0.25, -0.2) is 9.79 Å².